The molecule has 22 heavy (non-hydrogen) atoms. The van der Waals surface area contributed by atoms with Gasteiger partial charge in [0, 0.05) is 36.5 Å². The second kappa shape index (κ2) is 5.63. The highest BCUT2D eigenvalue weighted by atomic mass is 19.1. The zero-order valence-corrected chi connectivity index (χ0v) is 13.4. The van der Waals surface area contributed by atoms with Gasteiger partial charge in [0.1, 0.15) is 5.82 Å². The smallest absolute Gasteiger partial charge is 0.254 e. The fourth-order valence-corrected chi connectivity index (χ4v) is 3.88. The molecule has 0 aliphatic carbocycles. The van der Waals surface area contributed by atoms with Crippen LogP contribution in [0.15, 0.2) is 18.2 Å². The number of hydrogen-bond acceptors (Lipinski definition) is 3. The highest BCUT2D eigenvalue weighted by molar-refractivity contribution is 5.95. The second-order valence-corrected chi connectivity index (χ2v) is 6.96. The van der Waals surface area contributed by atoms with E-state index in [-0.39, 0.29) is 17.1 Å². The van der Waals surface area contributed by atoms with Crippen LogP contribution in [0.25, 0.3) is 0 Å². The first-order valence-corrected chi connectivity index (χ1v) is 7.69. The Kier molecular flexibility index (Phi) is 3.95. The van der Waals surface area contributed by atoms with Crippen molar-refractivity contribution in [1.82, 2.24) is 9.80 Å². The lowest BCUT2D eigenvalue weighted by Gasteiger charge is -2.30. The molecule has 0 spiro atoms. The molecule has 0 bridgehead atoms. The Bertz CT molecular complexity index is 590. The molecule has 0 N–H and O–H groups in total. The summed E-state index contributed by atoms with van der Waals surface area (Å²) < 4.78 is 18.9. The molecule has 5 heteroatoms. The molecule has 1 aromatic rings. The van der Waals surface area contributed by atoms with Crippen LogP contribution in [0, 0.1) is 24.1 Å². The van der Waals surface area contributed by atoms with Gasteiger partial charge in [0.25, 0.3) is 5.91 Å². The van der Waals surface area contributed by atoms with E-state index >= 15 is 0 Å². The SMILES string of the molecule is Cc1cc(F)ccc1C(=O)N1C[C@H]2COC[C@@]2(CN(C)C)C1. The lowest BCUT2D eigenvalue weighted by atomic mass is 9.81. The van der Waals surface area contributed by atoms with Gasteiger partial charge >= 0.3 is 0 Å². The third kappa shape index (κ3) is 2.63. The minimum atomic E-state index is -0.301. The molecule has 2 saturated heterocycles. The molecule has 2 atom stereocenters. The largest absolute Gasteiger partial charge is 0.380 e. The number of ether oxygens (including phenoxy) is 1. The van der Waals surface area contributed by atoms with Crippen molar-refractivity contribution in [1.29, 1.82) is 0 Å². The Hall–Kier alpha value is -1.46. The monoisotopic (exact) mass is 306 g/mol. The number of benzene rings is 1. The maximum Gasteiger partial charge on any atom is 0.254 e. The van der Waals surface area contributed by atoms with E-state index in [4.69, 9.17) is 4.74 Å². The van der Waals surface area contributed by atoms with Crippen LogP contribution in [-0.4, -0.2) is 62.7 Å². The molecule has 120 valence electrons. The number of hydrogen-bond donors (Lipinski definition) is 0. The summed E-state index contributed by atoms with van der Waals surface area (Å²) in [5.74, 6) is 0.0921. The fourth-order valence-electron chi connectivity index (χ4n) is 3.88. The van der Waals surface area contributed by atoms with Crippen molar-refractivity contribution in [3.05, 3.63) is 35.1 Å². The minimum absolute atomic E-state index is 0.00466. The number of halogens is 1. The molecule has 0 saturated carbocycles. The van der Waals surface area contributed by atoms with Crippen LogP contribution >= 0.6 is 0 Å². The quantitative estimate of drug-likeness (QED) is 0.853. The van der Waals surface area contributed by atoms with Gasteiger partial charge in [0.15, 0.2) is 0 Å². The van der Waals surface area contributed by atoms with Crippen LogP contribution < -0.4 is 0 Å². The maximum absolute atomic E-state index is 13.2. The van der Waals surface area contributed by atoms with Gasteiger partial charge in [-0.1, -0.05) is 0 Å². The third-order valence-corrected chi connectivity index (χ3v) is 4.86. The zero-order valence-electron chi connectivity index (χ0n) is 13.4. The van der Waals surface area contributed by atoms with Gasteiger partial charge in [0.05, 0.1) is 13.2 Å². The summed E-state index contributed by atoms with van der Waals surface area (Å²) >= 11 is 0. The van der Waals surface area contributed by atoms with Gasteiger partial charge < -0.3 is 14.5 Å². The van der Waals surface area contributed by atoms with Crippen LogP contribution in [0.5, 0.6) is 0 Å². The van der Waals surface area contributed by atoms with Crippen molar-refractivity contribution in [2.24, 2.45) is 11.3 Å². The predicted molar refractivity (Wildman–Crippen MR) is 82.3 cm³/mol. The summed E-state index contributed by atoms with van der Waals surface area (Å²) in [6.45, 7) is 5.58. The van der Waals surface area contributed by atoms with E-state index in [0.717, 1.165) is 19.7 Å². The summed E-state index contributed by atoms with van der Waals surface area (Å²) in [4.78, 5) is 16.9. The molecule has 1 amide bonds. The number of carbonyl (C=O) groups excluding carboxylic acids is 1. The zero-order chi connectivity index (χ0) is 15.9. The number of fused-ring (bicyclic) bond motifs is 1. The number of likely N-dealkylation sites (tertiary alicyclic amines) is 1. The topological polar surface area (TPSA) is 32.8 Å². The number of rotatable bonds is 3. The summed E-state index contributed by atoms with van der Waals surface area (Å²) in [5.41, 5.74) is 1.33. The molecular weight excluding hydrogens is 283 g/mol. The van der Waals surface area contributed by atoms with Crippen LogP contribution in [0.2, 0.25) is 0 Å². The van der Waals surface area contributed by atoms with Crippen molar-refractivity contribution in [3.63, 3.8) is 0 Å². The van der Waals surface area contributed by atoms with E-state index in [1.807, 2.05) is 4.90 Å². The molecule has 3 rings (SSSR count). The van der Waals surface area contributed by atoms with Gasteiger partial charge in [0.2, 0.25) is 0 Å². The third-order valence-electron chi connectivity index (χ3n) is 4.86. The van der Waals surface area contributed by atoms with Crippen molar-refractivity contribution in [2.75, 3.05) is 46.9 Å². The molecule has 2 heterocycles. The van der Waals surface area contributed by atoms with Gasteiger partial charge in [-0.15, -0.1) is 0 Å². The summed E-state index contributed by atoms with van der Waals surface area (Å²) in [6, 6.07) is 4.37. The second-order valence-electron chi connectivity index (χ2n) is 6.96. The van der Waals surface area contributed by atoms with Crippen LogP contribution in [0.3, 0.4) is 0 Å². The highest BCUT2D eigenvalue weighted by Crippen LogP contribution is 2.42. The molecule has 1 aromatic carbocycles. The predicted octanol–water partition coefficient (Wildman–Crippen LogP) is 1.78. The van der Waals surface area contributed by atoms with E-state index in [1.54, 1.807) is 13.0 Å². The van der Waals surface area contributed by atoms with E-state index in [0.29, 0.717) is 30.2 Å². The van der Waals surface area contributed by atoms with Crippen LogP contribution in [-0.2, 0) is 4.74 Å². The Labute approximate surface area is 130 Å². The number of aryl methyl sites for hydroxylation is 1. The molecule has 0 unspecified atom stereocenters. The summed E-state index contributed by atoms with van der Waals surface area (Å²) in [6.07, 6.45) is 0. The Morgan fingerprint density at radius 2 is 2.27 bits per heavy atom. The van der Waals surface area contributed by atoms with Crippen molar-refractivity contribution >= 4 is 5.91 Å². The van der Waals surface area contributed by atoms with E-state index in [2.05, 4.69) is 19.0 Å². The van der Waals surface area contributed by atoms with Gasteiger partial charge in [-0.05, 0) is 44.8 Å². The molecular formula is C17H23FN2O2. The minimum Gasteiger partial charge on any atom is -0.380 e. The van der Waals surface area contributed by atoms with Gasteiger partial charge in [-0.2, -0.15) is 0 Å². The van der Waals surface area contributed by atoms with E-state index in [9.17, 15) is 9.18 Å². The first-order chi connectivity index (χ1) is 10.4. The average molecular weight is 306 g/mol. The standard InChI is InChI=1S/C17H23FN2O2/c1-12-6-14(18)4-5-15(12)16(21)20-7-13-8-22-11-17(13,10-20)9-19(2)3/h4-6,13H,7-11H2,1-3H3/t13-,17+/m0/s1. The Balaban J connectivity index is 1.81. The molecule has 2 aliphatic rings. The molecule has 4 nitrogen and oxygen atoms in total. The molecule has 2 fully saturated rings. The Morgan fingerprint density at radius 3 is 2.95 bits per heavy atom. The van der Waals surface area contributed by atoms with Gasteiger partial charge in [-0.25, -0.2) is 4.39 Å². The van der Waals surface area contributed by atoms with E-state index < -0.39 is 0 Å². The van der Waals surface area contributed by atoms with Crippen LogP contribution in [0.4, 0.5) is 4.39 Å². The number of nitrogens with zero attached hydrogens (tertiary/aromatic N) is 2. The summed E-state index contributed by atoms with van der Waals surface area (Å²) in [7, 11) is 4.11. The molecule has 0 aromatic heterocycles. The van der Waals surface area contributed by atoms with Gasteiger partial charge in [-0.3, -0.25) is 4.79 Å². The molecule has 2 aliphatic heterocycles. The number of amides is 1. The first kappa shape index (κ1) is 15.4. The summed E-state index contributed by atoms with van der Waals surface area (Å²) in [5, 5.41) is 0. The first-order valence-electron chi connectivity index (χ1n) is 7.69. The Morgan fingerprint density at radius 1 is 1.50 bits per heavy atom. The number of carbonyl (C=O) groups is 1. The maximum atomic E-state index is 13.2. The normalized spacial score (nSPS) is 27.5. The lowest BCUT2D eigenvalue weighted by Crippen LogP contribution is -2.41. The van der Waals surface area contributed by atoms with Crippen molar-refractivity contribution < 1.29 is 13.9 Å². The van der Waals surface area contributed by atoms with E-state index in [1.165, 1.54) is 12.1 Å². The van der Waals surface area contributed by atoms with Crippen LogP contribution in [0.1, 0.15) is 15.9 Å². The average Bonchev–Trinajstić information content (AvgIpc) is 2.93. The molecule has 0 radical (unpaired) electrons. The van der Waals surface area contributed by atoms with Crippen molar-refractivity contribution in [3.8, 4) is 0 Å². The lowest BCUT2D eigenvalue weighted by molar-refractivity contribution is 0.0696. The van der Waals surface area contributed by atoms with Crippen molar-refractivity contribution in [2.45, 2.75) is 6.92 Å². The fraction of sp³-hybridized carbons (Fsp3) is 0.588. The highest BCUT2D eigenvalue weighted by Gasteiger charge is 2.52.